The molecule has 0 aliphatic carbocycles. The molecule has 0 bridgehead atoms. The quantitative estimate of drug-likeness (QED) is 0.720. The summed E-state index contributed by atoms with van der Waals surface area (Å²) in [5.74, 6) is 0. The maximum atomic E-state index is 11.8. The van der Waals surface area contributed by atoms with E-state index in [0.29, 0.717) is 19.8 Å². The Hall–Kier alpha value is -1.59. The fourth-order valence-electron chi connectivity index (χ4n) is 1.68. The van der Waals surface area contributed by atoms with Gasteiger partial charge in [-0.2, -0.15) is 0 Å². The highest BCUT2D eigenvalue weighted by atomic mass is 16.5. The van der Waals surface area contributed by atoms with Crippen LogP contribution in [0, 0.1) is 0 Å². The first-order valence-corrected chi connectivity index (χ1v) is 6.86. The summed E-state index contributed by atoms with van der Waals surface area (Å²) in [6.45, 7) is 5.70. The Bertz CT molecular complexity index is 408. The SMILES string of the molecule is COCc1ccccc1NC(=O)NCCCOC(C)C. The summed E-state index contributed by atoms with van der Waals surface area (Å²) >= 11 is 0. The number of benzene rings is 1. The zero-order valence-electron chi connectivity index (χ0n) is 12.4. The second kappa shape index (κ2) is 9.34. The molecule has 2 amide bonds. The number of carbonyl (C=O) groups excluding carboxylic acids is 1. The van der Waals surface area contributed by atoms with Gasteiger partial charge in [0.15, 0.2) is 0 Å². The van der Waals surface area contributed by atoms with Gasteiger partial charge in [0.25, 0.3) is 0 Å². The lowest BCUT2D eigenvalue weighted by Crippen LogP contribution is -2.30. The van der Waals surface area contributed by atoms with Crippen LogP contribution in [0.1, 0.15) is 25.8 Å². The molecule has 0 saturated heterocycles. The van der Waals surface area contributed by atoms with Gasteiger partial charge in [-0.15, -0.1) is 0 Å². The smallest absolute Gasteiger partial charge is 0.319 e. The molecule has 0 atom stereocenters. The van der Waals surface area contributed by atoms with E-state index in [2.05, 4.69) is 10.6 Å². The van der Waals surface area contributed by atoms with Gasteiger partial charge < -0.3 is 20.1 Å². The Morgan fingerprint density at radius 2 is 2.05 bits per heavy atom. The van der Waals surface area contributed by atoms with Gasteiger partial charge in [-0.25, -0.2) is 4.79 Å². The van der Waals surface area contributed by atoms with E-state index in [1.807, 2.05) is 38.1 Å². The molecular formula is C15H24N2O3. The zero-order chi connectivity index (χ0) is 14.8. The molecule has 0 aliphatic rings. The minimum absolute atomic E-state index is 0.210. The number of nitrogens with one attached hydrogen (secondary N) is 2. The van der Waals surface area contributed by atoms with Crippen LogP contribution in [0.2, 0.25) is 0 Å². The van der Waals surface area contributed by atoms with Crippen molar-refractivity contribution < 1.29 is 14.3 Å². The minimum Gasteiger partial charge on any atom is -0.380 e. The van der Waals surface area contributed by atoms with Crippen LogP contribution in [0.3, 0.4) is 0 Å². The number of ether oxygens (including phenoxy) is 2. The molecular weight excluding hydrogens is 256 g/mol. The van der Waals surface area contributed by atoms with Crippen molar-refractivity contribution >= 4 is 11.7 Å². The first-order valence-electron chi connectivity index (χ1n) is 6.86. The number of methoxy groups -OCH3 is 1. The number of hydrogen-bond donors (Lipinski definition) is 2. The molecule has 20 heavy (non-hydrogen) atoms. The number of carbonyl (C=O) groups is 1. The monoisotopic (exact) mass is 280 g/mol. The number of urea groups is 1. The summed E-state index contributed by atoms with van der Waals surface area (Å²) in [4.78, 5) is 11.8. The molecule has 5 heteroatoms. The highest BCUT2D eigenvalue weighted by molar-refractivity contribution is 5.90. The van der Waals surface area contributed by atoms with Crippen LogP contribution in [-0.4, -0.2) is 32.4 Å². The molecule has 0 heterocycles. The molecule has 1 aromatic rings. The van der Waals surface area contributed by atoms with E-state index < -0.39 is 0 Å². The van der Waals surface area contributed by atoms with Crippen LogP contribution in [-0.2, 0) is 16.1 Å². The minimum atomic E-state index is -0.210. The van der Waals surface area contributed by atoms with Crippen molar-refractivity contribution in [3.05, 3.63) is 29.8 Å². The molecule has 0 saturated carbocycles. The molecule has 1 rings (SSSR count). The van der Waals surface area contributed by atoms with Crippen molar-refractivity contribution in [3.8, 4) is 0 Å². The molecule has 0 spiro atoms. The molecule has 0 aliphatic heterocycles. The van der Waals surface area contributed by atoms with Gasteiger partial charge in [-0.05, 0) is 26.3 Å². The summed E-state index contributed by atoms with van der Waals surface area (Å²) in [5.41, 5.74) is 1.72. The lowest BCUT2D eigenvalue weighted by molar-refractivity contribution is 0.0775. The van der Waals surface area contributed by atoms with Crippen LogP contribution in [0.25, 0.3) is 0 Å². The van der Waals surface area contributed by atoms with Crippen molar-refractivity contribution in [3.63, 3.8) is 0 Å². The molecule has 2 N–H and O–H groups in total. The third-order valence-corrected chi connectivity index (χ3v) is 2.62. The van der Waals surface area contributed by atoms with Crippen LogP contribution in [0.4, 0.5) is 10.5 Å². The Balaban J connectivity index is 2.31. The van der Waals surface area contributed by atoms with Gasteiger partial charge in [-0.1, -0.05) is 18.2 Å². The lowest BCUT2D eigenvalue weighted by Gasteiger charge is -2.12. The summed E-state index contributed by atoms with van der Waals surface area (Å²) < 4.78 is 10.5. The van der Waals surface area contributed by atoms with E-state index in [9.17, 15) is 4.79 Å². The second-order valence-corrected chi connectivity index (χ2v) is 4.74. The summed E-state index contributed by atoms with van der Waals surface area (Å²) in [6.07, 6.45) is 1.02. The van der Waals surface area contributed by atoms with E-state index >= 15 is 0 Å². The first kappa shape index (κ1) is 16.5. The normalized spacial score (nSPS) is 10.6. The Kier molecular flexibility index (Phi) is 7.69. The topological polar surface area (TPSA) is 59.6 Å². The second-order valence-electron chi connectivity index (χ2n) is 4.74. The number of rotatable bonds is 8. The predicted octanol–water partition coefficient (Wildman–Crippen LogP) is 2.77. The molecule has 0 radical (unpaired) electrons. The van der Waals surface area contributed by atoms with Crippen molar-refractivity contribution in [1.29, 1.82) is 0 Å². The third kappa shape index (κ3) is 6.54. The lowest BCUT2D eigenvalue weighted by atomic mass is 10.2. The molecule has 0 unspecified atom stereocenters. The van der Waals surface area contributed by atoms with E-state index in [4.69, 9.17) is 9.47 Å². The number of para-hydroxylation sites is 1. The maximum absolute atomic E-state index is 11.8. The Morgan fingerprint density at radius 1 is 1.30 bits per heavy atom. The highest BCUT2D eigenvalue weighted by Crippen LogP contribution is 2.15. The first-order chi connectivity index (χ1) is 9.63. The van der Waals surface area contributed by atoms with E-state index in [1.54, 1.807) is 7.11 Å². The summed E-state index contributed by atoms with van der Waals surface area (Å²) in [5, 5.41) is 5.63. The molecule has 0 aromatic heterocycles. The van der Waals surface area contributed by atoms with E-state index in [-0.39, 0.29) is 12.1 Å². The number of amides is 2. The van der Waals surface area contributed by atoms with Gasteiger partial charge in [0.1, 0.15) is 0 Å². The van der Waals surface area contributed by atoms with E-state index in [1.165, 1.54) is 0 Å². The van der Waals surface area contributed by atoms with Gasteiger partial charge in [0.2, 0.25) is 0 Å². The van der Waals surface area contributed by atoms with Crippen LogP contribution in [0.5, 0.6) is 0 Å². The zero-order valence-corrected chi connectivity index (χ0v) is 12.4. The van der Waals surface area contributed by atoms with Crippen molar-refractivity contribution in [1.82, 2.24) is 5.32 Å². The number of anilines is 1. The standard InChI is InChI=1S/C15H24N2O3/c1-12(2)20-10-6-9-16-15(18)17-14-8-5-4-7-13(14)11-19-3/h4-5,7-8,12H,6,9-11H2,1-3H3,(H2,16,17,18). The average molecular weight is 280 g/mol. The highest BCUT2D eigenvalue weighted by Gasteiger charge is 2.05. The Morgan fingerprint density at radius 3 is 2.75 bits per heavy atom. The average Bonchev–Trinajstić information content (AvgIpc) is 2.40. The largest absolute Gasteiger partial charge is 0.380 e. The van der Waals surface area contributed by atoms with Gasteiger partial charge in [0, 0.05) is 31.5 Å². The molecule has 0 fully saturated rings. The predicted molar refractivity (Wildman–Crippen MR) is 79.9 cm³/mol. The van der Waals surface area contributed by atoms with Gasteiger partial charge in [-0.3, -0.25) is 0 Å². The van der Waals surface area contributed by atoms with Crippen LogP contribution < -0.4 is 10.6 Å². The Labute approximate surface area is 120 Å². The third-order valence-electron chi connectivity index (χ3n) is 2.62. The maximum Gasteiger partial charge on any atom is 0.319 e. The van der Waals surface area contributed by atoms with E-state index in [0.717, 1.165) is 17.7 Å². The van der Waals surface area contributed by atoms with Gasteiger partial charge >= 0.3 is 6.03 Å². The van der Waals surface area contributed by atoms with Gasteiger partial charge in [0.05, 0.1) is 12.7 Å². The van der Waals surface area contributed by atoms with Crippen LogP contribution >= 0.6 is 0 Å². The molecule has 1 aromatic carbocycles. The molecule has 5 nitrogen and oxygen atoms in total. The van der Waals surface area contributed by atoms with Crippen LogP contribution in [0.15, 0.2) is 24.3 Å². The summed E-state index contributed by atoms with van der Waals surface area (Å²) in [6, 6.07) is 7.37. The fraction of sp³-hybridized carbons (Fsp3) is 0.533. The van der Waals surface area contributed by atoms with Crippen molar-refractivity contribution in [2.24, 2.45) is 0 Å². The molecule has 112 valence electrons. The van der Waals surface area contributed by atoms with Crippen molar-refractivity contribution in [2.45, 2.75) is 33.0 Å². The van der Waals surface area contributed by atoms with Crippen molar-refractivity contribution in [2.75, 3.05) is 25.6 Å². The fourth-order valence-corrected chi connectivity index (χ4v) is 1.68. The number of hydrogen-bond acceptors (Lipinski definition) is 3. The summed E-state index contributed by atoms with van der Waals surface area (Å²) in [7, 11) is 1.63.